The van der Waals surface area contributed by atoms with Gasteiger partial charge in [-0.2, -0.15) is 0 Å². The van der Waals surface area contributed by atoms with Gasteiger partial charge >= 0.3 is 0 Å². The number of nitrogens with two attached hydrogens (primary N) is 1. The van der Waals surface area contributed by atoms with Gasteiger partial charge < -0.3 is 25.3 Å². The number of methoxy groups -OCH3 is 3. The van der Waals surface area contributed by atoms with Gasteiger partial charge in [0.15, 0.2) is 11.5 Å². The minimum absolute atomic E-state index is 0.265. The van der Waals surface area contributed by atoms with Crippen molar-refractivity contribution in [1.29, 1.82) is 0 Å². The van der Waals surface area contributed by atoms with Crippen molar-refractivity contribution < 1.29 is 19.0 Å². The normalized spacial score (nSPS) is 15.8. The van der Waals surface area contributed by atoms with Gasteiger partial charge in [0, 0.05) is 47.1 Å². The fourth-order valence-electron chi connectivity index (χ4n) is 3.00. The maximum atomic E-state index is 12.9. The first-order chi connectivity index (χ1) is 15.0. The summed E-state index contributed by atoms with van der Waals surface area (Å²) in [4.78, 5) is 17.9. The number of rotatable bonds is 8. The number of ether oxygens (including phenoxy) is 3. The van der Waals surface area contributed by atoms with Gasteiger partial charge in [0.2, 0.25) is 0 Å². The van der Waals surface area contributed by atoms with Gasteiger partial charge in [-0.1, -0.05) is 18.2 Å². The van der Waals surface area contributed by atoms with Crippen LogP contribution in [0.4, 0.5) is 11.4 Å². The number of nitrogens with one attached hydrogen (secondary N) is 1. The van der Waals surface area contributed by atoms with Crippen LogP contribution in [0.2, 0.25) is 0 Å². The molecular weight excluding hydrogens is 414 g/mol. The lowest BCUT2D eigenvalue weighted by atomic mass is 10.2. The lowest BCUT2D eigenvalue weighted by Crippen LogP contribution is -2.14. The third kappa shape index (κ3) is 5.68. The third-order valence-corrected chi connectivity index (χ3v) is 5.72. The highest BCUT2D eigenvalue weighted by Gasteiger charge is 2.22. The first-order valence-electron chi connectivity index (χ1n) is 9.53. The molecule has 1 aromatic heterocycles. The molecule has 162 valence electrons. The largest absolute Gasteiger partial charge is 0.494 e. The monoisotopic (exact) mass is 439 g/mol. The van der Waals surface area contributed by atoms with E-state index >= 15 is 0 Å². The molecule has 1 heterocycles. The van der Waals surface area contributed by atoms with E-state index in [0.717, 1.165) is 10.5 Å². The Bertz CT molecular complexity index is 1030. The van der Waals surface area contributed by atoms with Gasteiger partial charge in [-0.05, 0) is 35.9 Å². The summed E-state index contributed by atoms with van der Waals surface area (Å²) in [6.45, 7) is 0. The van der Waals surface area contributed by atoms with Crippen LogP contribution in [0.25, 0.3) is 0 Å². The Morgan fingerprint density at radius 3 is 2.77 bits per heavy atom. The first kappa shape index (κ1) is 22.5. The number of hydrogen-bond donors (Lipinski definition) is 2. The van der Waals surface area contributed by atoms with E-state index in [1.54, 1.807) is 55.6 Å². The molecule has 1 aromatic carbocycles. The summed E-state index contributed by atoms with van der Waals surface area (Å²) in [6.07, 6.45) is 8.05. The molecule has 1 unspecified atom stereocenters. The van der Waals surface area contributed by atoms with Crippen LogP contribution < -0.4 is 11.1 Å². The molecule has 0 saturated carbocycles. The molecule has 1 amide bonds. The maximum absolute atomic E-state index is 12.9. The van der Waals surface area contributed by atoms with E-state index in [2.05, 4.69) is 10.3 Å². The molecule has 8 heteroatoms. The number of benzene rings is 1. The van der Waals surface area contributed by atoms with Crippen LogP contribution in [0.15, 0.2) is 82.9 Å². The Hall–Kier alpha value is -3.23. The van der Waals surface area contributed by atoms with Crippen molar-refractivity contribution >= 4 is 29.0 Å². The van der Waals surface area contributed by atoms with Gasteiger partial charge in [0.1, 0.15) is 6.10 Å². The first-order valence-corrected chi connectivity index (χ1v) is 10.5. The van der Waals surface area contributed by atoms with Crippen LogP contribution in [-0.2, 0) is 24.8 Å². The van der Waals surface area contributed by atoms with Gasteiger partial charge in [-0.3, -0.25) is 9.78 Å². The van der Waals surface area contributed by atoms with E-state index in [0.29, 0.717) is 34.2 Å². The van der Waals surface area contributed by atoms with Crippen LogP contribution in [0.5, 0.6) is 0 Å². The van der Waals surface area contributed by atoms with Gasteiger partial charge in [-0.15, -0.1) is 11.8 Å². The molecular formula is C23H25N3O4S. The molecule has 31 heavy (non-hydrogen) atoms. The SMILES string of the molecule is COC1=C(OC)C(OC)C=CC(C(=O)Nc2cccc(CSc3cnccc3N)c2)=C1. The molecule has 3 rings (SSSR count). The Morgan fingerprint density at radius 2 is 2.06 bits per heavy atom. The van der Waals surface area contributed by atoms with E-state index in [1.165, 1.54) is 14.2 Å². The summed E-state index contributed by atoms with van der Waals surface area (Å²) in [7, 11) is 4.62. The Balaban J connectivity index is 1.73. The number of nitrogens with zero attached hydrogens (tertiary/aromatic N) is 1. The quantitative estimate of drug-likeness (QED) is 0.602. The van der Waals surface area contributed by atoms with Crippen molar-refractivity contribution in [2.75, 3.05) is 32.4 Å². The summed E-state index contributed by atoms with van der Waals surface area (Å²) in [6, 6.07) is 9.46. The van der Waals surface area contributed by atoms with Crippen LogP contribution in [0.1, 0.15) is 5.56 Å². The summed E-state index contributed by atoms with van der Waals surface area (Å²) < 4.78 is 16.2. The number of carbonyl (C=O) groups excluding carboxylic acids is 1. The highest BCUT2D eigenvalue weighted by molar-refractivity contribution is 7.98. The van der Waals surface area contributed by atoms with Crippen molar-refractivity contribution in [3.05, 3.63) is 83.6 Å². The second-order valence-corrected chi connectivity index (χ2v) is 7.63. The molecule has 7 nitrogen and oxygen atoms in total. The zero-order valence-electron chi connectivity index (χ0n) is 17.6. The third-order valence-electron chi connectivity index (χ3n) is 4.59. The highest BCUT2D eigenvalue weighted by Crippen LogP contribution is 2.28. The minimum atomic E-state index is -0.443. The highest BCUT2D eigenvalue weighted by atomic mass is 32.2. The lowest BCUT2D eigenvalue weighted by Gasteiger charge is -2.15. The molecule has 2 aromatic rings. The maximum Gasteiger partial charge on any atom is 0.255 e. The fourth-order valence-corrected chi connectivity index (χ4v) is 3.87. The van der Waals surface area contributed by atoms with Crippen molar-refractivity contribution in [3.8, 4) is 0 Å². The molecule has 1 aliphatic carbocycles. The number of anilines is 2. The average molecular weight is 440 g/mol. The number of allylic oxidation sites excluding steroid dienone is 1. The molecule has 1 atom stereocenters. The Kier molecular flexibility index (Phi) is 7.75. The predicted octanol–water partition coefficient (Wildman–Crippen LogP) is 3.91. The van der Waals surface area contributed by atoms with E-state index in [4.69, 9.17) is 19.9 Å². The number of aromatic nitrogens is 1. The molecule has 0 fully saturated rings. The smallest absolute Gasteiger partial charge is 0.255 e. The number of thioether (sulfide) groups is 1. The van der Waals surface area contributed by atoms with E-state index < -0.39 is 6.10 Å². The van der Waals surface area contributed by atoms with Crippen LogP contribution in [0.3, 0.4) is 0 Å². The Morgan fingerprint density at radius 1 is 1.23 bits per heavy atom. The van der Waals surface area contributed by atoms with E-state index in [9.17, 15) is 4.79 Å². The minimum Gasteiger partial charge on any atom is -0.494 e. The van der Waals surface area contributed by atoms with Gasteiger partial charge in [-0.25, -0.2) is 0 Å². The van der Waals surface area contributed by atoms with Crippen LogP contribution in [0, 0.1) is 0 Å². The van der Waals surface area contributed by atoms with Gasteiger partial charge in [0.05, 0.1) is 14.2 Å². The zero-order chi connectivity index (χ0) is 22.2. The van der Waals surface area contributed by atoms with Crippen LogP contribution >= 0.6 is 11.8 Å². The average Bonchev–Trinajstić information content (AvgIpc) is 2.97. The van der Waals surface area contributed by atoms with Crippen molar-refractivity contribution in [3.63, 3.8) is 0 Å². The molecule has 0 spiro atoms. The van der Waals surface area contributed by atoms with Gasteiger partial charge in [0.25, 0.3) is 5.91 Å². The molecule has 1 aliphatic rings. The summed E-state index contributed by atoms with van der Waals surface area (Å²) >= 11 is 1.59. The van der Waals surface area contributed by atoms with Crippen molar-refractivity contribution in [2.45, 2.75) is 16.8 Å². The molecule has 0 radical (unpaired) electrons. The summed E-state index contributed by atoms with van der Waals surface area (Å²) in [5.74, 6) is 1.37. The second kappa shape index (κ2) is 10.7. The molecule has 0 bridgehead atoms. The van der Waals surface area contributed by atoms with Crippen LogP contribution in [-0.4, -0.2) is 38.3 Å². The van der Waals surface area contributed by atoms with E-state index in [1.807, 2.05) is 24.3 Å². The van der Waals surface area contributed by atoms with Crippen molar-refractivity contribution in [2.24, 2.45) is 0 Å². The number of carbonyl (C=O) groups is 1. The number of nitrogen functional groups attached to an aromatic ring is 1. The fraction of sp³-hybridized carbons (Fsp3) is 0.217. The predicted molar refractivity (Wildman–Crippen MR) is 122 cm³/mol. The molecule has 0 saturated heterocycles. The number of hydrogen-bond acceptors (Lipinski definition) is 7. The van der Waals surface area contributed by atoms with Crippen molar-refractivity contribution in [1.82, 2.24) is 4.98 Å². The second-order valence-electron chi connectivity index (χ2n) is 6.61. The summed E-state index contributed by atoms with van der Waals surface area (Å²) in [5, 5.41) is 2.94. The molecule has 0 aliphatic heterocycles. The standard InChI is InChI=1S/C23H25N3O4S/c1-28-19-8-7-16(12-20(29-2)22(19)30-3)23(27)26-17-6-4-5-15(11-17)14-31-21-13-25-10-9-18(21)24/h4-13,19H,14H2,1-3H3,(H2,24,25)(H,26,27). The number of pyridine rings is 1. The zero-order valence-corrected chi connectivity index (χ0v) is 18.4. The van der Waals surface area contributed by atoms with E-state index in [-0.39, 0.29) is 5.91 Å². The lowest BCUT2D eigenvalue weighted by molar-refractivity contribution is -0.112. The topological polar surface area (TPSA) is 95.7 Å². The Labute approximate surface area is 186 Å². The summed E-state index contributed by atoms with van der Waals surface area (Å²) in [5.41, 5.74) is 8.84. The molecule has 3 N–H and O–H groups in total. The number of amides is 1.